The van der Waals surface area contributed by atoms with E-state index in [1.165, 1.54) is 19.3 Å². The van der Waals surface area contributed by atoms with Crippen LogP contribution in [0.4, 0.5) is 0 Å². The third-order valence-corrected chi connectivity index (χ3v) is 2.88. The van der Waals surface area contributed by atoms with Crippen LogP contribution in [-0.2, 0) is 0 Å². The molecular formula is C8H13IO. The smallest absolute Gasteiger partial charge is 0.0781 e. The van der Waals surface area contributed by atoms with Gasteiger partial charge < -0.3 is 5.11 Å². The molecule has 1 aliphatic rings. The molecule has 0 radical (unpaired) electrons. The highest BCUT2D eigenvalue weighted by atomic mass is 127. The average Bonchev–Trinajstić information content (AvgIpc) is 1.83. The van der Waals surface area contributed by atoms with E-state index in [9.17, 15) is 5.11 Å². The second-order valence-electron chi connectivity index (χ2n) is 3.27. The van der Waals surface area contributed by atoms with Gasteiger partial charge in [0.15, 0.2) is 0 Å². The van der Waals surface area contributed by atoms with Crippen molar-refractivity contribution in [2.24, 2.45) is 5.41 Å². The highest BCUT2D eigenvalue weighted by molar-refractivity contribution is 14.1. The maximum absolute atomic E-state index is 9.54. The molecule has 0 aliphatic heterocycles. The molecule has 10 heavy (non-hydrogen) atoms. The zero-order valence-corrected chi connectivity index (χ0v) is 8.34. The van der Waals surface area contributed by atoms with Crippen LogP contribution < -0.4 is 0 Å². The summed E-state index contributed by atoms with van der Waals surface area (Å²) >= 11 is 2.14. The van der Waals surface area contributed by atoms with Gasteiger partial charge in [0.2, 0.25) is 0 Å². The number of aliphatic hydroxyl groups is 1. The summed E-state index contributed by atoms with van der Waals surface area (Å²) in [7, 11) is 0. The molecule has 1 fully saturated rings. The molecule has 0 saturated heterocycles. The molecule has 0 spiro atoms. The van der Waals surface area contributed by atoms with E-state index in [-0.39, 0.29) is 11.5 Å². The topological polar surface area (TPSA) is 20.2 Å². The van der Waals surface area contributed by atoms with Gasteiger partial charge in [0, 0.05) is 0 Å². The molecule has 1 N–H and O–H groups in total. The minimum atomic E-state index is -0.224. The first-order valence-corrected chi connectivity index (χ1v) is 4.88. The minimum Gasteiger partial charge on any atom is -0.388 e. The lowest BCUT2D eigenvalue weighted by Gasteiger charge is -2.41. The zero-order valence-electron chi connectivity index (χ0n) is 6.18. The van der Waals surface area contributed by atoms with Gasteiger partial charge >= 0.3 is 0 Å². The first kappa shape index (κ1) is 8.53. The van der Waals surface area contributed by atoms with Crippen LogP contribution in [-0.4, -0.2) is 11.2 Å². The first-order valence-electron chi connectivity index (χ1n) is 3.64. The summed E-state index contributed by atoms with van der Waals surface area (Å²) in [5, 5.41) is 9.54. The van der Waals surface area contributed by atoms with E-state index in [1.807, 2.05) is 10.2 Å². The summed E-state index contributed by atoms with van der Waals surface area (Å²) in [6.07, 6.45) is 5.28. The fourth-order valence-electron chi connectivity index (χ4n) is 1.33. The Morgan fingerprint density at radius 3 is 2.50 bits per heavy atom. The molecular weight excluding hydrogens is 239 g/mol. The van der Waals surface area contributed by atoms with Crippen LogP contribution in [0.2, 0.25) is 0 Å². The summed E-state index contributed by atoms with van der Waals surface area (Å²) in [4.78, 5) is 0. The summed E-state index contributed by atoms with van der Waals surface area (Å²) in [6.45, 7) is 2.15. The van der Waals surface area contributed by atoms with E-state index in [0.29, 0.717) is 0 Å². The van der Waals surface area contributed by atoms with Gasteiger partial charge in [0.25, 0.3) is 0 Å². The quantitative estimate of drug-likeness (QED) is 0.748. The average molecular weight is 252 g/mol. The molecule has 1 saturated carbocycles. The third-order valence-electron chi connectivity index (χ3n) is 2.46. The molecule has 1 aliphatic carbocycles. The lowest BCUT2D eigenvalue weighted by atomic mass is 9.67. The van der Waals surface area contributed by atoms with E-state index >= 15 is 0 Å². The molecule has 0 aromatic heterocycles. The fraction of sp³-hybridized carbons (Fsp3) is 0.750. The van der Waals surface area contributed by atoms with Crippen molar-refractivity contribution in [1.82, 2.24) is 0 Å². The Balaban J connectivity index is 2.46. The molecule has 0 aromatic rings. The van der Waals surface area contributed by atoms with Gasteiger partial charge in [-0.15, -0.1) is 0 Å². The molecule has 0 bridgehead atoms. The van der Waals surface area contributed by atoms with Crippen LogP contribution in [0.25, 0.3) is 0 Å². The summed E-state index contributed by atoms with van der Waals surface area (Å²) in [5.41, 5.74) is 0.196. The van der Waals surface area contributed by atoms with Gasteiger partial charge in [-0.25, -0.2) is 0 Å². The standard InChI is InChI=1S/C8H13IO/c1-8(4-2-5-8)7(10)3-6-9/h3,6-7,10H,2,4-5H2,1H3. The van der Waals surface area contributed by atoms with Crippen LogP contribution in [0.3, 0.4) is 0 Å². The third kappa shape index (κ3) is 1.53. The summed E-state index contributed by atoms with van der Waals surface area (Å²) in [6, 6.07) is 0. The molecule has 1 rings (SSSR count). The van der Waals surface area contributed by atoms with Crippen molar-refractivity contribution in [2.75, 3.05) is 0 Å². The van der Waals surface area contributed by atoms with Crippen molar-refractivity contribution in [3.8, 4) is 0 Å². The van der Waals surface area contributed by atoms with Gasteiger partial charge in [0.05, 0.1) is 6.10 Å². The van der Waals surface area contributed by atoms with Crippen molar-refractivity contribution in [1.29, 1.82) is 0 Å². The van der Waals surface area contributed by atoms with Gasteiger partial charge in [-0.2, -0.15) is 0 Å². The van der Waals surface area contributed by atoms with Gasteiger partial charge in [-0.05, 0) is 28.4 Å². The second kappa shape index (κ2) is 3.22. The number of hydrogen-bond donors (Lipinski definition) is 1. The van der Waals surface area contributed by atoms with Crippen molar-refractivity contribution in [2.45, 2.75) is 32.3 Å². The largest absolute Gasteiger partial charge is 0.388 e. The Morgan fingerprint density at radius 2 is 2.20 bits per heavy atom. The predicted octanol–water partition coefficient (Wildman–Crippen LogP) is 2.49. The van der Waals surface area contributed by atoms with Crippen molar-refractivity contribution < 1.29 is 5.11 Å². The summed E-state index contributed by atoms with van der Waals surface area (Å²) in [5.74, 6) is 0. The van der Waals surface area contributed by atoms with Crippen LogP contribution in [0.1, 0.15) is 26.2 Å². The van der Waals surface area contributed by atoms with Crippen molar-refractivity contribution >= 4 is 22.6 Å². The monoisotopic (exact) mass is 252 g/mol. The SMILES string of the molecule is CC1(C(O)C=CI)CCC1. The normalized spacial score (nSPS) is 26.3. The van der Waals surface area contributed by atoms with E-state index < -0.39 is 0 Å². The molecule has 0 heterocycles. The van der Waals surface area contributed by atoms with E-state index in [1.54, 1.807) is 0 Å². The number of halogens is 1. The second-order valence-corrected chi connectivity index (χ2v) is 3.99. The van der Waals surface area contributed by atoms with Crippen LogP contribution in [0.15, 0.2) is 10.2 Å². The van der Waals surface area contributed by atoms with E-state index in [2.05, 4.69) is 29.5 Å². The van der Waals surface area contributed by atoms with Crippen LogP contribution >= 0.6 is 22.6 Å². The Morgan fingerprint density at radius 1 is 1.60 bits per heavy atom. The predicted molar refractivity (Wildman–Crippen MR) is 51.1 cm³/mol. The highest BCUT2D eigenvalue weighted by Crippen LogP contribution is 2.43. The maximum atomic E-state index is 9.54. The lowest BCUT2D eigenvalue weighted by Crippen LogP contribution is -2.37. The van der Waals surface area contributed by atoms with Gasteiger partial charge in [-0.1, -0.05) is 35.9 Å². The van der Waals surface area contributed by atoms with Crippen molar-refractivity contribution in [3.05, 3.63) is 10.2 Å². The van der Waals surface area contributed by atoms with Crippen LogP contribution in [0.5, 0.6) is 0 Å². The zero-order chi connectivity index (χ0) is 7.61. The molecule has 58 valence electrons. The Kier molecular flexibility index (Phi) is 2.74. The molecule has 1 atom stereocenters. The van der Waals surface area contributed by atoms with Gasteiger partial charge in [0.1, 0.15) is 0 Å². The van der Waals surface area contributed by atoms with Crippen LogP contribution in [0, 0.1) is 5.41 Å². The molecule has 0 aromatic carbocycles. The first-order chi connectivity index (χ1) is 4.69. The Labute approximate surface area is 75.7 Å². The Hall–Kier alpha value is 0.430. The highest BCUT2D eigenvalue weighted by Gasteiger charge is 2.37. The number of aliphatic hydroxyl groups excluding tert-OH is 1. The Bertz CT molecular complexity index is 138. The van der Waals surface area contributed by atoms with Crippen molar-refractivity contribution in [3.63, 3.8) is 0 Å². The molecule has 2 heteroatoms. The maximum Gasteiger partial charge on any atom is 0.0781 e. The summed E-state index contributed by atoms with van der Waals surface area (Å²) < 4.78 is 1.89. The van der Waals surface area contributed by atoms with E-state index in [0.717, 1.165) is 0 Å². The minimum absolute atomic E-state index is 0.196. The van der Waals surface area contributed by atoms with Gasteiger partial charge in [-0.3, -0.25) is 0 Å². The molecule has 1 nitrogen and oxygen atoms in total. The molecule has 0 amide bonds. The lowest BCUT2D eigenvalue weighted by molar-refractivity contribution is 0.0115. The number of rotatable bonds is 2. The molecule has 1 unspecified atom stereocenters. The number of hydrogen-bond acceptors (Lipinski definition) is 1. The fourth-order valence-corrected chi connectivity index (χ4v) is 1.72. The van der Waals surface area contributed by atoms with E-state index in [4.69, 9.17) is 0 Å².